The first kappa shape index (κ1) is 12.3. The van der Waals surface area contributed by atoms with Crippen LogP contribution in [0.2, 0.25) is 0 Å². The van der Waals surface area contributed by atoms with Crippen LogP contribution in [0.25, 0.3) is 0 Å². The van der Waals surface area contributed by atoms with Crippen LogP contribution in [0.1, 0.15) is 28.0 Å². The maximum absolute atomic E-state index is 12.5. The molecule has 16 heavy (non-hydrogen) atoms. The number of rotatable bonds is 4. The molecular formula is C9H10F2N2O3. The van der Waals surface area contributed by atoms with Crippen molar-refractivity contribution in [1.82, 2.24) is 4.98 Å². The Bertz CT molecular complexity index is 410. The SMILES string of the molecule is COc1cnc(C(F)F)c(C(=O)O)c1CN. The zero-order valence-electron chi connectivity index (χ0n) is 8.41. The molecule has 0 aromatic carbocycles. The van der Waals surface area contributed by atoms with Gasteiger partial charge in [0.15, 0.2) is 0 Å². The van der Waals surface area contributed by atoms with E-state index in [0.29, 0.717) is 0 Å². The fourth-order valence-electron chi connectivity index (χ4n) is 1.33. The minimum atomic E-state index is -2.97. The number of nitrogens with two attached hydrogens (primary N) is 1. The van der Waals surface area contributed by atoms with Crippen molar-refractivity contribution >= 4 is 5.97 Å². The Hall–Kier alpha value is -1.76. The molecule has 3 N–H and O–H groups in total. The van der Waals surface area contributed by atoms with E-state index in [1.807, 2.05) is 0 Å². The Morgan fingerprint density at radius 1 is 1.69 bits per heavy atom. The number of aromatic nitrogens is 1. The third-order valence-corrected chi connectivity index (χ3v) is 2.02. The first-order valence-corrected chi connectivity index (χ1v) is 4.30. The van der Waals surface area contributed by atoms with E-state index in [1.165, 1.54) is 7.11 Å². The lowest BCUT2D eigenvalue weighted by molar-refractivity contribution is 0.0680. The molecule has 0 fully saturated rings. The van der Waals surface area contributed by atoms with E-state index in [9.17, 15) is 13.6 Å². The van der Waals surface area contributed by atoms with Gasteiger partial charge in [-0.05, 0) is 0 Å². The smallest absolute Gasteiger partial charge is 0.338 e. The second-order valence-corrected chi connectivity index (χ2v) is 2.88. The third-order valence-electron chi connectivity index (χ3n) is 2.02. The Labute approximate surface area is 89.9 Å². The van der Waals surface area contributed by atoms with Crippen molar-refractivity contribution in [2.75, 3.05) is 7.11 Å². The Morgan fingerprint density at radius 3 is 2.69 bits per heavy atom. The summed E-state index contributed by atoms with van der Waals surface area (Å²) in [6.45, 7) is -0.215. The maximum atomic E-state index is 12.5. The monoisotopic (exact) mass is 232 g/mol. The molecule has 0 aliphatic carbocycles. The molecule has 1 heterocycles. The number of carbonyl (C=O) groups is 1. The molecule has 0 bridgehead atoms. The molecule has 1 aromatic heterocycles. The summed E-state index contributed by atoms with van der Waals surface area (Å²) in [4.78, 5) is 14.3. The molecule has 5 nitrogen and oxygen atoms in total. The van der Waals surface area contributed by atoms with Gasteiger partial charge in [-0.1, -0.05) is 0 Å². The van der Waals surface area contributed by atoms with E-state index in [0.717, 1.165) is 6.20 Å². The molecule has 0 saturated heterocycles. The molecule has 0 amide bonds. The lowest BCUT2D eigenvalue weighted by atomic mass is 10.1. The van der Waals surface area contributed by atoms with Crippen molar-refractivity contribution in [1.29, 1.82) is 0 Å². The number of aromatic carboxylic acids is 1. The highest BCUT2D eigenvalue weighted by Crippen LogP contribution is 2.28. The van der Waals surface area contributed by atoms with Crippen molar-refractivity contribution in [3.05, 3.63) is 23.0 Å². The summed E-state index contributed by atoms with van der Waals surface area (Å²) >= 11 is 0. The Morgan fingerprint density at radius 2 is 2.31 bits per heavy atom. The van der Waals surface area contributed by atoms with Gasteiger partial charge in [-0.3, -0.25) is 4.98 Å². The number of nitrogens with zero attached hydrogens (tertiary/aromatic N) is 1. The molecule has 1 aromatic rings. The average Bonchev–Trinajstić information content (AvgIpc) is 2.26. The van der Waals surface area contributed by atoms with E-state index >= 15 is 0 Å². The Kier molecular flexibility index (Phi) is 3.73. The summed E-state index contributed by atoms with van der Waals surface area (Å²) in [5, 5.41) is 8.86. The van der Waals surface area contributed by atoms with Gasteiger partial charge in [0.2, 0.25) is 0 Å². The van der Waals surface area contributed by atoms with Gasteiger partial charge in [0, 0.05) is 12.1 Å². The third kappa shape index (κ3) is 2.08. The predicted molar refractivity (Wildman–Crippen MR) is 50.6 cm³/mol. The number of carboxylic acids is 1. The molecule has 0 unspecified atom stereocenters. The molecule has 1 rings (SSSR count). The molecule has 7 heteroatoms. The largest absolute Gasteiger partial charge is 0.495 e. The van der Waals surface area contributed by atoms with Gasteiger partial charge in [-0.2, -0.15) is 0 Å². The maximum Gasteiger partial charge on any atom is 0.338 e. The highest BCUT2D eigenvalue weighted by atomic mass is 19.3. The summed E-state index contributed by atoms with van der Waals surface area (Å²) < 4.78 is 29.9. The lowest BCUT2D eigenvalue weighted by Gasteiger charge is -2.12. The van der Waals surface area contributed by atoms with Gasteiger partial charge in [-0.25, -0.2) is 13.6 Å². The van der Waals surface area contributed by atoms with Crippen LogP contribution in [0, 0.1) is 0 Å². The van der Waals surface area contributed by atoms with Gasteiger partial charge in [0.1, 0.15) is 11.4 Å². The van der Waals surface area contributed by atoms with Crippen molar-refractivity contribution in [3.8, 4) is 5.75 Å². The van der Waals surface area contributed by atoms with Crippen molar-refractivity contribution in [2.45, 2.75) is 13.0 Å². The second kappa shape index (κ2) is 4.84. The van der Waals surface area contributed by atoms with Crippen LogP contribution >= 0.6 is 0 Å². The normalized spacial score (nSPS) is 10.6. The summed E-state index contributed by atoms with van der Waals surface area (Å²) in [6, 6.07) is 0. The predicted octanol–water partition coefficient (Wildman–Crippen LogP) is 1.18. The quantitative estimate of drug-likeness (QED) is 0.814. The molecule has 0 aliphatic heterocycles. The number of hydrogen-bond donors (Lipinski definition) is 2. The van der Waals surface area contributed by atoms with Crippen molar-refractivity contribution < 1.29 is 23.4 Å². The van der Waals surface area contributed by atoms with E-state index in [1.54, 1.807) is 0 Å². The van der Waals surface area contributed by atoms with Gasteiger partial charge in [0.05, 0.1) is 18.9 Å². The fourth-order valence-corrected chi connectivity index (χ4v) is 1.33. The minimum Gasteiger partial charge on any atom is -0.495 e. The van der Waals surface area contributed by atoms with Crippen molar-refractivity contribution in [2.24, 2.45) is 5.73 Å². The number of methoxy groups -OCH3 is 1. The first-order valence-electron chi connectivity index (χ1n) is 4.30. The molecule has 0 atom stereocenters. The standard InChI is InChI=1S/C9H10F2N2O3/c1-16-5-3-13-7(8(10)11)6(9(14)15)4(5)2-12/h3,8H,2,12H2,1H3,(H,14,15). The van der Waals surface area contributed by atoms with Gasteiger partial charge >= 0.3 is 5.97 Å². The summed E-state index contributed by atoms with van der Waals surface area (Å²) in [5.41, 5.74) is 3.95. The molecule has 0 radical (unpaired) electrons. The van der Waals surface area contributed by atoms with Gasteiger partial charge < -0.3 is 15.6 Å². The number of pyridine rings is 1. The number of halogens is 2. The van der Waals surface area contributed by atoms with Crippen molar-refractivity contribution in [3.63, 3.8) is 0 Å². The van der Waals surface area contributed by atoms with Crippen LogP contribution in [-0.4, -0.2) is 23.2 Å². The van der Waals surface area contributed by atoms with Crippen LogP contribution in [0.15, 0.2) is 6.20 Å². The van der Waals surface area contributed by atoms with E-state index < -0.39 is 23.7 Å². The topological polar surface area (TPSA) is 85.4 Å². The zero-order valence-corrected chi connectivity index (χ0v) is 8.41. The van der Waals surface area contributed by atoms with E-state index in [2.05, 4.69) is 4.98 Å². The second-order valence-electron chi connectivity index (χ2n) is 2.88. The summed E-state index contributed by atoms with van der Waals surface area (Å²) in [6.07, 6.45) is -1.93. The lowest BCUT2D eigenvalue weighted by Crippen LogP contribution is -2.14. The first-order chi connectivity index (χ1) is 7.52. The average molecular weight is 232 g/mol. The van der Waals surface area contributed by atoms with Gasteiger partial charge in [-0.15, -0.1) is 0 Å². The molecule has 0 spiro atoms. The Balaban J connectivity index is 3.50. The number of carboxylic acid groups (broad SMARTS) is 1. The van der Waals surface area contributed by atoms with Crippen LogP contribution in [-0.2, 0) is 6.54 Å². The van der Waals surface area contributed by atoms with Crippen LogP contribution in [0.4, 0.5) is 8.78 Å². The van der Waals surface area contributed by atoms with E-state index in [-0.39, 0.29) is 17.9 Å². The zero-order chi connectivity index (χ0) is 12.3. The summed E-state index contributed by atoms with van der Waals surface area (Å²) in [7, 11) is 1.28. The molecular weight excluding hydrogens is 222 g/mol. The highest BCUT2D eigenvalue weighted by Gasteiger charge is 2.25. The minimum absolute atomic E-state index is 0.0142. The van der Waals surface area contributed by atoms with Crippen LogP contribution in [0.5, 0.6) is 5.75 Å². The summed E-state index contributed by atoms with van der Waals surface area (Å²) in [5.74, 6) is -1.41. The number of ether oxygens (including phenoxy) is 1. The fraction of sp³-hybridized carbons (Fsp3) is 0.333. The highest BCUT2D eigenvalue weighted by molar-refractivity contribution is 5.91. The van der Waals surface area contributed by atoms with Crippen LogP contribution < -0.4 is 10.5 Å². The number of alkyl halides is 2. The van der Waals surface area contributed by atoms with E-state index in [4.69, 9.17) is 15.6 Å². The number of hydrogen-bond acceptors (Lipinski definition) is 4. The molecule has 0 saturated carbocycles. The van der Waals surface area contributed by atoms with Crippen LogP contribution in [0.3, 0.4) is 0 Å². The molecule has 0 aliphatic rings. The molecule has 88 valence electrons. The van der Waals surface area contributed by atoms with Gasteiger partial charge in [0.25, 0.3) is 6.43 Å².